The number of benzene rings is 1. The minimum Gasteiger partial charge on any atom is -0.361 e. The second kappa shape index (κ2) is 3.29. The lowest BCUT2D eigenvalue weighted by molar-refractivity contribution is -0.117. The zero-order chi connectivity index (χ0) is 10.1. The van der Waals surface area contributed by atoms with E-state index in [1.54, 1.807) is 6.92 Å². The Balaban J connectivity index is 2.44. The lowest BCUT2D eigenvalue weighted by Crippen LogP contribution is -2.37. The highest BCUT2D eigenvalue weighted by Crippen LogP contribution is 2.27. The third-order valence-corrected chi connectivity index (χ3v) is 2.61. The first-order valence-corrected chi connectivity index (χ1v) is 4.70. The second-order valence-electron chi connectivity index (χ2n) is 3.58. The first kappa shape index (κ1) is 9.00. The summed E-state index contributed by atoms with van der Waals surface area (Å²) in [5, 5.41) is 0. The van der Waals surface area contributed by atoms with Gasteiger partial charge in [-0.3, -0.25) is 4.79 Å². The summed E-state index contributed by atoms with van der Waals surface area (Å²) in [6, 6.07) is 7.98. The van der Waals surface area contributed by atoms with Crippen molar-refractivity contribution in [1.29, 1.82) is 0 Å². The molecule has 0 saturated carbocycles. The van der Waals surface area contributed by atoms with Gasteiger partial charge in [-0.15, -0.1) is 0 Å². The van der Waals surface area contributed by atoms with Crippen molar-refractivity contribution in [3.8, 4) is 0 Å². The monoisotopic (exact) mass is 187 g/mol. The van der Waals surface area contributed by atoms with Gasteiger partial charge in [0, 0.05) is 12.7 Å². The molecule has 1 aliphatic rings. The van der Waals surface area contributed by atoms with Gasteiger partial charge in [0.15, 0.2) is 5.78 Å². The normalized spacial score (nSPS) is 19.3. The van der Waals surface area contributed by atoms with E-state index in [0.717, 1.165) is 5.69 Å². The van der Waals surface area contributed by atoms with E-state index < -0.39 is 0 Å². The van der Waals surface area contributed by atoms with E-state index in [1.165, 1.54) is 5.56 Å². The third kappa shape index (κ3) is 1.33. The zero-order valence-electron chi connectivity index (χ0n) is 8.40. The topological polar surface area (TPSA) is 20.3 Å². The van der Waals surface area contributed by atoms with Gasteiger partial charge in [-0.1, -0.05) is 30.4 Å². The fraction of sp³-hybridized carbons (Fsp3) is 0.250. The van der Waals surface area contributed by atoms with Crippen molar-refractivity contribution in [3.05, 3.63) is 35.9 Å². The lowest BCUT2D eigenvalue weighted by Gasteiger charge is -2.30. The largest absolute Gasteiger partial charge is 0.361 e. The van der Waals surface area contributed by atoms with Gasteiger partial charge >= 0.3 is 0 Å². The Morgan fingerprint density at radius 3 is 2.79 bits per heavy atom. The molecule has 1 unspecified atom stereocenters. The van der Waals surface area contributed by atoms with E-state index in [4.69, 9.17) is 0 Å². The average molecular weight is 187 g/mol. The second-order valence-corrected chi connectivity index (χ2v) is 3.58. The minimum atomic E-state index is -0.107. The summed E-state index contributed by atoms with van der Waals surface area (Å²) in [5.41, 5.74) is 2.29. The van der Waals surface area contributed by atoms with Crippen LogP contribution in [0.1, 0.15) is 12.5 Å². The first-order chi connectivity index (χ1) is 6.70. The number of likely N-dealkylation sites (N-methyl/N-ethyl adjacent to an activating group) is 1. The predicted molar refractivity (Wildman–Crippen MR) is 58.3 cm³/mol. The Kier molecular flexibility index (Phi) is 2.12. The fourth-order valence-corrected chi connectivity index (χ4v) is 1.83. The number of carbonyl (C=O) groups is 1. The summed E-state index contributed by atoms with van der Waals surface area (Å²) < 4.78 is 0. The quantitative estimate of drug-likeness (QED) is 0.671. The molecule has 0 fully saturated rings. The van der Waals surface area contributed by atoms with Crippen LogP contribution in [-0.4, -0.2) is 18.9 Å². The maximum atomic E-state index is 11.3. The number of nitrogens with zero attached hydrogens (tertiary/aromatic N) is 1. The molecule has 0 radical (unpaired) electrons. The Morgan fingerprint density at radius 2 is 2.07 bits per heavy atom. The molecule has 0 aliphatic carbocycles. The molecule has 1 aromatic rings. The number of para-hydroxylation sites is 1. The molecular formula is C12H13NO. The van der Waals surface area contributed by atoms with Crippen LogP contribution in [0.4, 0.5) is 5.69 Å². The molecule has 0 spiro atoms. The summed E-state index contributed by atoms with van der Waals surface area (Å²) in [6.45, 7) is 1.62. The van der Waals surface area contributed by atoms with Gasteiger partial charge in [0.25, 0.3) is 0 Å². The molecule has 2 heteroatoms. The van der Waals surface area contributed by atoms with E-state index in [2.05, 4.69) is 6.07 Å². The number of hydrogen-bond donors (Lipinski definition) is 0. The molecule has 1 atom stereocenters. The molecule has 72 valence electrons. The molecule has 0 N–H and O–H groups in total. The molecule has 0 bridgehead atoms. The van der Waals surface area contributed by atoms with Crippen LogP contribution in [0, 0.1) is 0 Å². The number of carbonyl (C=O) groups excluding carboxylic acids is 1. The van der Waals surface area contributed by atoms with Crippen molar-refractivity contribution >= 4 is 17.5 Å². The highest BCUT2D eigenvalue weighted by atomic mass is 16.1. The fourth-order valence-electron chi connectivity index (χ4n) is 1.83. The Labute approximate surface area is 83.8 Å². The Bertz CT molecular complexity index is 395. The molecule has 1 aromatic carbocycles. The maximum Gasteiger partial charge on any atom is 0.156 e. The van der Waals surface area contributed by atoms with Crippen LogP contribution in [0.3, 0.4) is 0 Å². The molecule has 0 amide bonds. The van der Waals surface area contributed by atoms with E-state index in [0.29, 0.717) is 0 Å². The highest BCUT2D eigenvalue weighted by molar-refractivity contribution is 5.91. The number of rotatable bonds is 1. The summed E-state index contributed by atoms with van der Waals surface area (Å²) in [5.74, 6) is 0.179. The van der Waals surface area contributed by atoms with E-state index in [-0.39, 0.29) is 11.8 Å². The van der Waals surface area contributed by atoms with E-state index in [9.17, 15) is 4.79 Å². The molecule has 1 aliphatic heterocycles. The van der Waals surface area contributed by atoms with Crippen molar-refractivity contribution in [2.24, 2.45) is 0 Å². The number of hydrogen-bond acceptors (Lipinski definition) is 2. The summed E-state index contributed by atoms with van der Waals surface area (Å²) in [4.78, 5) is 13.3. The van der Waals surface area contributed by atoms with Gasteiger partial charge in [0.2, 0.25) is 0 Å². The number of ketones is 1. The molecular weight excluding hydrogens is 174 g/mol. The number of Topliss-reactive ketones (excluding diaryl/α,β-unsaturated/α-hetero) is 1. The summed E-state index contributed by atoms with van der Waals surface area (Å²) in [6.07, 6.45) is 3.96. The van der Waals surface area contributed by atoms with Crippen LogP contribution in [0.2, 0.25) is 0 Å². The summed E-state index contributed by atoms with van der Waals surface area (Å²) in [7, 11) is 1.95. The smallest absolute Gasteiger partial charge is 0.156 e. The van der Waals surface area contributed by atoms with Crippen molar-refractivity contribution in [1.82, 2.24) is 0 Å². The van der Waals surface area contributed by atoms with E-state index in [1.807, 2.05) is 42.3 Å². The van der Waals surface area contributed by atoms with Gasteiger partial charge in [-0.05, 0) is 18.6 Å². The Morgan fingerprint density at radius 1 is 1.36 bits per heavy atom. The molecule has 14 heavy (non-hydrogen) atoms. The van der Waals surface area contributed by atoms with Crippen LogP contribution < -0.4 is 4.90 Å². The van der Waals surface area contributed by atoms with Crippen LogP contribution >= 0.6 is 0 Å². The zero-order valence-corrected chi connectivity index (χ0v) is 8.40. The van der Waals surface area contributed by atoms with Gasteiger partial charge in [0.05, 0.1) is 0 Å². The average Bonchev–Trinajstić information content (AvgIpc) is 2.18. The van der Waals surface area contributed by atoms with Gasteiger partial charge in [0.1, 0.15) is 6.04 Å². The van der Waals surface area contributed by atoms with Gasteiger partial charge in [-0.2, -0.15) is 0 Å². The predicted octanol–water partition coefficient (Wildman–Crippen LogP) is 2.11. The minimum absolute atomic E-state index is 0.107. The van der Waals surface area contributed by atoms with Gasteiger partial charge < -0.3 is 4.90 Å². The standard InChI is InChI=1S/C12H13NO/c1-9(14)11-8-7-10-5-3-4-6-12(10)13(11)2/h3-8,11H,1-2H3. The molecule has 0 aromatic heterocycles. The van der Waals surface area contributed by atoms with Crippen LogP contribution in [0.5, 0.6) is 0 Å². The SMILES string of the molecule is CC(=O)C1C=Cc2ccccc2N1C. The van der Waals surface area contributed by atoms with Gasteiger partial charge in [-0.25, -0.2) is 0 Å². The van der Waals surface area contributed by atoms with Crippen LogP contribution in [-0.2, 0) is 4.79 Å². The van der Waals surface area contributed by atoms with Crippen molar-refractivity contribution in [2.75, 3.05) is 11.9 Å². The maximum absolute atomic E-state index is 11.3. The number of anilines is 1. The number of fused-ring (bicyclic) bond motifs is 1. The lowest BCUT2D eigenvalue weighted by atomic mass is 10.0. The Hall–Kier alpha value is -1.57. The highest BCUT2D eigenvalue weighted by Gasteiger charge is 2.21. The van der Waals surface area contributed by atoms with Crippen molar-refractivity contribution in [3.63, 3.8) is 0 Å². The third-order valence-electron chi connectivity index (χ3n) is 2.61. The molecule has 1 heterocycles. The molecule has 2 rings (SSSR count). The molecule has 2 nitrogen and oxygen atoms in total. The molecule has 0 saturated heterocycles. The van der Waals surface area contributed by atoms with Crippen LogP contribution in [0.25, 0.3) is 6.08 Å². The van der Waals surface area contributed by atoms with Crippen molar-refractivity contribution in [2.45, 2.75) is 13.0 Å². The van der Waals surface area contributed by atoms with Crippen molar-refractivity contribution < 1.29 is 4.79 Å². The van der Waals surface area contributed by atoms with E-state index >= 15 is 0 Å². The summed E-state index contributed by atoms with van der Waals surface area (Å²) >= 11 is 0. The first-order valence-electron chi connectivity index (χ1n) is 4.70. The van der Waals surface area contributed by atoms with Crippen LogP contribution in [0.15, 0.2) is 30.3 Å².